The van der Waals surface area contributed by atoms with Gasteiger partial charge in [0.15, 0.2) is 0 Å². The lowest BCUT2D eigenvalue weighted by atomic mass is 9.91. The number of unbranched alkanes of at least 4 members (excludes halogenated alkanes) is 4. The van der Waals surface area contributed by atoms with Crippen molar-refractivity contribution in [3.63, 3.8) is 0 Å². The highest BCUT2D eigenvalue weighted by molar-refractivity contribution is 5.96. The van der Waals surface area contributed by atoms with Gasteiger partial charge in [-0.25, -0.2) is 4.79 Å². The molecule has 8 nitrogen and oxygen atoms in total. The van der Waals surface area contributed by atoms with E-state index in [0.717, 1.165) is 63.6 Å². The van der Waals surface area contributed by atoms with Crippen molar-refractivity contribution in [1.82, 2.24) is 15.2 Å². The Kier molecular flexibility index (Phi) is 13.0. The largest absolute Gasteiger partial charge is 0.449 e. The molecule has 0 unspecified atom stereocenters. The highest BCUT2D eigenvalue weighted by Crippen LogP contribution is 2.25. The summed E-state index contributed by atoms with van der Waals surface area (Å²) in [6.07, 6.45) is 15.7. The third-order valence-corrected chi connectivity index (χ3v) is 6.94. The number of benzene rings is 1. The maximum absolute atomic E-state index is 13.0. The van der Waals surface area contributed by atoms with Crippen LogP contribution in [-0.2, 0) is 9.53 Å². The minimum absolute atomic E-state index is 0.00813. The summed E-state index contributed by atoms with van der Waals surface area (Å²) in [5.74, 6) is 0.582. The van der Waals surface area contributed by atoms with Gasteiger partial charge >= 0.3 is 6.09 Å². The number of hydrogen-bond donors (Lipinski definition) is 2. The predicted molar refractivity (Wildman–Crippen MR) is 154 cm³/mol. The van der Waals surface area contributed by atoms with E-state index in [0.29, 0.717) is 30.3 Å². The van der Waals surface area contributed by atoms with E-state index in [-0.39, 0.29) is 11.8 Å². The highest BCUT2D eigenvalue weighted by atomic mass is 16.5. The number of hydrogen-bond acceptors (Lipinski definition) is 5. The number of rotatable bonds is 14. The molecule has 1 fully saturated rings. The van der Waals surface area contributed by atoms with Crippen LogP contribution in [0.15, 0.2) is 54.9 Å². The van der Waals surface area contributed by atoms with Crippen molar-refractivity contribution >= 4 is 29.7 Å². The van der Waals surface area contributed by atoms with Crippen LogP contribution < -0.4 is 10.6 Å². The summed E-state index contributed by atoms with van der Waals surface area (Å²) in [7, 11) is 0. The van der Waals surface area contributed by atoms with Crippen molar-refractivity contribution in [2.45, 2.75) is 64.7 Å². The fraction of sp³-hybridized carbons (Fsp3) is 0.484. The molecule has 210 valence electrons. The molecule has 1 aliphatic heterocycles. The Morgan fingerprint density at radius 1 is 1.05 bits per heavy atom. The fourth-order valence-corrected chi connectivity index (χ4v) is 4.63. The molecule has 3 amide bonds. The van der Waals surface area contributed by atoms with Crippen LogP contribution in [0.1, 0.15) is 80.6 Å². The first kappa shape index (κ1) is 29.9. The number of piperidine rings is 1. The third kappa shape index (κ3) is 11.3. The van der Waals surface area contributed by atoms with Crippen molar-refractivity contribution in [1.29, 1.82) is 0 Å². The number of likely N-dealkylation sites (tertiary alicyclic amines) is 1. The molecule has 1 saturated heterocycles. The predicted octanol–water partition coefficient (Wildman–Crippen LogP) is 6.06. The number of nitrogens with zero attached hydrogens (tertiary/aromatic N) is 2. The number of carbonyl (C=O) groups is 3. The Morgan fingerprint density at radius 3 is 2.64 bits per heavy atom. The van der Waals surface area contributed by atoms with Crippen LogP contribution in [0.3, 0.4) is 0 Å². The average molecular weight is 535 g/mol. The monoisotopic (exact) mass is 534 g/mol. The van der Waals surface area contributed by atoms with Crippen molar-refractivity contribution in [3.05, 3.63) is 66.0 Å². The van der Waals surface area contributed by atoms with E-state index >= 15 is 0 Å². The quantitative estimate of drug-likeness (QED) is 0.227. The molecule has 0 bridgehead atoms. The number of aromatic nitrogens is 1. The maximum atomic E-state index is 13.0. The van der Waals surface area contributed by atoms with Crippen molar-refractivity contribution in [2.24, 2.45) is 5.92 Å². The van der Waals surface area contributed by atoms with Gasteiger partial charge in [-0.3, -0.25) is 19.9 Å². The molecule has 3 rings (SSSR count). The third-order valence-electron chi connectivity index (χ3n) is 6.94. The molecule has 1 aliphatic rings. The number of anilines is 1. The molecule has 39 heavy (non-hydrogen) atoms. The van der Waals surface area contributed by atoms with E-state index in [4.69, 9.17) is 4.74 Å². The molecule has 2 N–H and O–H groups in total. The van der Waals surface area contributed by atoms with Crippen LogP contribution in [0.25, 0.3) is 6.08 Å². The topological polar surface area (TPSA) is 101 Å². The second kappa shape index (κ2) is 17.0. The number of pyridine rings is 1. The zero-order chi connectivity index (χ0) is 27.7. The van der Waals surface area contributed by atoms with Gasteiger partial charge in [0.2, 0.25) is 5.91 Å². The van der Waals surface area contributed by atoms with E-state index < -0.39 is 6.09 Å². The van der Waals surface area contributed by atoms with Crippen LogP contribution in [-0.4, -0.2) is 54.0 Å². The Hall–Kier alpha value is -3.68. The lowest BCUT2D eigenvalue weighted by Crippen LogP contribution is -2.38. The highest BCUT2D eigenvalue weighted by Gasteiger charge is 2.23. The lowest BCUT2D eigenvalue weighted by molar-refractivity contribution is -0.116. The molecule has 2 heterocycles. The van der Waals surface area contributed by atoms with Crippen LogP contribution in [0.2, 0.25) is 0 Å². The normalized spacial score (nSPS) is 13.8. The summed E-state index contributed by atoms with van der Waals surface area (Å²) in [5.41, 5.74) is 2.06. The van der Waals surface area contributed by atoms with Gasteiger partial charge in [-0.2, -0.15) is 0 Å². The second-order valence-corrected chi connectivity index (χ2v) is 10.0. The Labute approximate surface area is 232 Å². The van der Waals surface area contributed by atoms with Gasteiger partial charge in [-0.05, 0) is 67.5 Å². The van der Waals surface area contributed by atoms with Crippen LogP contribution in [0.5, 0.6) is 0 Å². The summed E-state index contributed by atoms with van der Waals surface area (Å²) in [6.45, 7) is 4.64. The number of nitrogens with one attached hydrogen (secondary N) is 2. The molecule has 1 aromatic carbocycles. The SMILES string of the molecule is CCCCOC(=O)Nc1cccc(C(=O)N2CCC(CCCCCCNC(=O)/C=C/c3cccnc3)CC2)c1. The summed E-state index contributed by atoms with van der Waals surface area (Å²) in [6, 6.07) is 10.8. The second-order valence-electron chi connectivity index (χ2n) is 10.0. The van der Waals surface area contributed by atoms with Gasteiger partial charge in [0, 0.05) is 49.4 Å². The molecule has 1 aromatic heterocycles. The lowest BCUT2D eigenvalue weighted by Gasteiger charge is -2.32. The summed E-state index contributed by atoms with van der Waals surface area (Å²) in [5, 5.41) is 5.64. The molecule has 0 spiro atoms. The van der Waals surface area contributed by atoms with Gasteiger partial charge in [0.25, 0.3) is 5.91 Å². The van der Waals surface area contributed by atoms with Gasteiger partial charge in [-0.15, -0.1) is 0 Å². The van der Waals surface area contributed by atoms with Crippen LogP contribution in [0, 0.1) is 5.92 Å². The van der Waals surface area contributed by atoms with Crippen molar-refractivity contribution in [3.8, 4) is 0 Å². The Morgan fingerprint density at radius 2 is 1.87 bits per heavy atom. The van der Waals surface area contributed by atoms with Crippen LogP contribution in [0.4, 0.5) is 10.5 Å². The van der Waals surface area contributed by atoms with E-state index in [9.17, 15) is 14.4 Å². The van der Waals surface area contributed by atoms with Crippen LogP contribution >= 0.6 is 0 Å². The molecule has 0 aliphatic carbocycles. The summed E-state index contributed by atoms with van der Waals surface area (Å²) in [4.78, 5) is 42.8. The van der Waals surface area contributed by atoms with Gasteiger partial charge < -0.3 is 15.0 Å². The standard InChI is InChI=1S/C31H42N4O4/c1-2-3-22-39-31(38)34-28-13-8-12-27(23-28)30(37)35-20-16-25(17-21-35)10-6-4-5-7-19-33-29(36)15-14-26-11-9-18-32-24-26/h8-9,11-15,18,23-25H,2-7,10,16-17,19-22H2,1H3,(H,33,36)(H,34,38)/b15-14+. The molecular weight excluding hydrogens is 492 g/mol. The fourth-order valence-electron chi connectivity index (χ4n) is 4.63. The molecule has 8 heteroatoms. The average Bonchev–Trinajstić information content (AvgIpc) is 2.96. The molecular formula is C31H42N4O4. The molecule has 0 atom stereocenters. The first-order valence-electron chi connectivity index (χ1n) is 14.2. The first-order valence-corrected chi connectivity index (χ1v) is 14.2. The zero-order valence-electron chi connectivity index (χ0n) is 23.1. The number of carbonyl (C=O) groups excluding carboxylic acids is 3. The molecule has 2 aromatic rings. The minimum atomic E-state index is -0.493. The van der Waals surface area contributed by atoms with Gasteiger partial charge in [-0.1, -0.05) is 51.2 Å². The number of amides is 3. The minimum Gasteiger partial charge on any atom is -0.449 e. The van der Waals surface area contributed by atoms with Gasteiger partial charge in [0.05, 0.1) is 6.61 Å². The summed E-state index contributed by atoms with van der Waals surface area (Å²) < 4.78 is 5.14. The first-order chi connectivity index (χ1) is 19.0. The van der Waals surface area contributed by atoms with E-state index in [2.05, 4.69) is 15.6 Å². The number of ether oxygens (including phenoxy) is 1. The van der Waals surface area contributed by atoms with E-state index in [1.165, 1.54) is 12.8 Å². The van der Waals surface area contributed by atoms with Gasteiger partial charge in [0.1, 0.15) is 0 Å². The summed E-state index contributed by atoms with van der Waals surface area (Å²) >= 11 is 0. The smallest absolute Gasteiger partial charge is 0.411 e. The van der Waals surface area contributed by atoms with Crippen molar-refractivity contribution < 1.29 is 19.1 Å². The Balaban J connectivity index is 1.26. The van der Waals surface area contributed by atoms with Crippen molar-refractivity contribution in [2.75, 3.05) is 31.6 Å². The molecule has 0 saturated carbocycles. The van der Waals surface area contributed by atoms with E-state index in [1.807, 2.05) is 24.0 Å². The van der Waals surface area contributed by atoms with E-state index in [1.54, 1.807) is 48.8 Å². The zero-order valence-corrected chi connectivity index (χ0v) is 23.1. The Bertz CT molecular complexity index is 1070. The molecule has 0 radical (unpaired) electrons. The maximum Gasteiger partial charge on any atom is 0.411 e.